The number of amides is 1. The molecule has 5 nitrogen and oxygen atoms in total. The highest BCUT2D eigenvalue weighted by molar-refractivity contribution is 6.04. The maximum atomic E-state index is 13.8. The molecule has 0 radical (unpaired) electrons. The number of nitrogens with zero attached hydrogens (tertiary/aromatic N) is 3. The van der Waals surface area contributed by atoms with Gasteiger partial charge in [-0.1, -0.05) is 0 Å². The molecule has 6 heteroatoms. The van der Waals surface area contributed by atoms with Crippen LogP contribution in [0.4, 0.5) is 4.39 Å². The second-order valence-corrected chi connectivity index (χ2v) is 5.88. The first-order valence-electron chi connectivity index (χ1n) is 7.53. The number of carbonyl (C=O) groups is 1. The van der Waals surface area contributed by atoms with Crippen molar-refractivity contribution in [2.45, 2.75) is 18.9 Å². The Bertz CT molecular complexity index is 732. The van der Waals surface area contributed by atoms with Crippen molar-refractivity contribution in [3.63, 3.8) is 0 Å². The summed E-state index contributed by atoms with van der Waals surface area (Å²) in [5.41, 5.74) is 1.13. The summed E-state index contributed by atoms with van der Waals surface area (Å²) in [6.45, 7) is 1.63. The molecular formula is C16H16FN3O2. The van der Waals surface area contributed by atoms with Crippen LogP contribution in [0.15, 0.2) is 24.5 Å². The molecule has 1 aliphatic heterocycles. The first-order chi connectivity index (χ1) is 10.7. The topological polar surface area (TPSA) is 55.3 Å². The maximum absolute atomic E-state index is 13.8. The van der Waals surface area contributed by atoms with Gasteiger partial charge in [0.2, 0.25) is 0 Å². The molecule has 1 saturated carbocycles. The quantitative estimate of drug-likeness (QED) is 0.851. The van der Waals surface area contributed by atoms with E-state index in [9.17, 15) is 9.18 Å². The minimum atomic E-state index is -0.469. The monoisotopic (exact) mass is 301 g/mol. The molecule has 0 spiro atoms. The van der Waals surface area contributed by atoms with Crippen LogP contribution < -0.4 is 0 Å². The molecule has 0 N–H and O–H groups in total. The van der Waals surface area contributed by atoms with E-state index in [1.165, 1.54) is 37.4 Å². The van der Waals surface area contributed by atoms with E-state index < -0.39 is 5.82 Å². The third-order valence-corrected chi connectivity index (χ3v) is 4.30. The van der Waals surface area contributed by atoms with Crippen LogP contribution in [0, 0.1) is 11.7 Å². The van der Waals surface area contributed by atoms with Crippen LogP contribution in [0.5, 0.6) is 0 Å². The van der Waals surface area contributed by atoms with E-state index in [-0.39, 0.29) is 17.6 Å². The maximum Gasteiger partial charge on any atom is 0.256 e. The lowest BCUT2D eigenvalue weighted by molar-refractivity contribution is -0.0313. The Morgan fingerprint density at radius 2 is 2.09 bits per heavy atom. The standard InChI is InChI=1S/C16H16FN3O2/c17-11-7-12(15-13(8-11)18-3-4-19-15)16(21)20-5-6-22-14(9-20)10-1-2-10/h3-4,7-8,10,14H,1-2,5-6,9H2. The zero-order valence-corrected chi connectivity index (χ0v) is 12.0. The average molecular weight is 301 g/mol. The lowest BCUT2D eigenvalue weighted by Gasteiger charge is -2.33. The number of morpholine rings is 1. The largest absolute Gasteiger partial charge is 0.374 e. The molecule has 1 saturated heterocycles. The van der Waals surface area contributed by atoms with Crippen molar-refractivity contribution >= 4 is 16.9 Å². The average Bonchev–Trinajstić information content (AvgIpc) is 3.38. The molecule has 1 aromatic heterocycles. The lowest BCUT2D eigenvalue weighted by atomic mass is 10.1. The number of ether oxygens (including phenoxy) is 1. The smallest absolute Gasteiger partial charge is 0.256 e. The number of hydrogen-bond donors (Lipinski definition) is 0. The number of rotatable bonds is 2. The SMILES string of the molecule is O=C(c1cc(F)cc2nccnc12)N1CCOC(C2CC2)C1. The van der Waals surface area contributed by atoms with E-state index in [0.29, 0.717) is 36.6 Å². The summed E-state index contributed by atoms with van der Waals surface area (Å²) >= 11 is 0. The molecule has 1 aliphatic carbocycles. The molecule has 1 amide bonds. The van der Waals surface area contributed by atoms with Crippen molar-refractivity contribution in [2.24, 2.45) is 5.92 Å². The Kier molecular flexibility index (Phi) is 3.26. The van der Waals surface area contributed by atoms with Crippen molar-refractivity contribution in [3.8, 4) is 0 Å². The molecule has 4 rings (SSSR count). The number of hydrogen-bond acceptors (Lipinski definition) is 4. The Morgan fingerprint density at radius 1 is 1.27 bits per heavy atom. The van der Waals surface area contributed by atoms with Crippen LogP contribution in [0.2, 0.25) is 0 Å². The Morgan fingerprint density at radius 3 is 2.91 bits per heavy atom. The molecular weight excluding hydrogens is 285 g/mol. The van der Waals surface area contributed by atoms with Gasteiger partial charge in [-0.2, -0.15) is 0 Å². The first kappa shape index (κ1) is 13.6. The summed E-state index contributed by atoms with van der Waals surface area (Å²) in [6.07, 6.45) is 5.46. The van der Waals surface area contributed by atoms with E-state index in [1.54, 1.807) is 4.90 Å². The van der Waals surface area contributed by atoms with Crippen LogP contribution >= 0.6 is 0 Å². The van der Waals surface area contributed by atoms with E-state index >= 15 is 0 Å². The Balaban J connectivity index is 1.67. The van der Waals surface area contributed by atoms with Crippen LogP contribution in [0.3, 0.4) is 0 Å². The third kappa shape index (κ3) is 2.43. The first-order valence-corrected chi connectivity index (χ1v) is 7.53. The highest BCUT2D eigenvalue weighted by Gasteiger charge is 2.37. The van der Waals surface area contributed by atoms with E-state index in [0.717, 1.165) is 0 Å². The summed E-state index contributed by atoms with van der Waals surface area (Å²) in [4.78, 5) is 22.8. The van der Waals surface area contributed by atoms with Gasteiger partial charge in [-0.05, 0) is 24.8 Å². The molecule has 2 heterocycles. The van der Waals surface area contributed by atoms with Crippen molar-refractivity contribution in [2.75, 3.05) is 19.7 Å². The molecule has 2 aliphatic rings. The van der Waals surface area contributed by atoms with Gasteiger partial charge >= 0.3 is 0 Å². The minimum absolute atomic E-state index is 0.114. The van der Waals surface area contributed by atoms with E-state index in [1.807, 2.05) is 0 Å². The Hall–Kier alpha value is -2.08. The van der Waals surface area contributed by atoms with E-state index in [4.69, 9.17) is 4.74 Å². The zero-order valence-electron chi connectivity index (χ0n) is 12.0. The third-order valence-electron chi connectivity index (χ3n) is 4.30. The van der Waals surface area contributed by atoms with Gasteiger partial charge in [0.25, 0.3) is 5.91 Å². The summed E-state index contributed by atoms with van der Waals surface area (Å²) < 4.78 is 19.5. The van der Waals surface area contributed by atoms with Crippen LogP contribution in [0.1, 0.15) is 23.2 Å². The van der Waals surface area contributed by atoms with Crippen LogP contribution in [-0.4, -0.2) is 46.6 Å². The van der Waals surface area contributed by atoms with Crippen molar-refractivity contribution in [3.05, 3.63) is 35.9 Å². The second-order valence-electron chi connectivity index (χ2n) is 5.88. The Labute approximate surface area is 127 Å². The van der Waals surface area contributed by atoms with Crippen LogP contribution in [-0.2, 0) is 4.74 Å². The predicted octanol–water partition coefficient (Wildman–Crippen LogP) is 2.02. The summed E-state index contributed by atoms with van der Waals surface area (Å²) in [5, 5.41) is 0. The molecule has 2 fully saturated rings. The van der Waals surface area contributed by atoms with Gasteiger partial charge < -0.3 is 9.64 Å². The fraction of sp³-hybridized carbons (Fsp3) is 0.438. The van der Waals surface area contributed by atoms with Crippen molar-refractivity contribution < 1.29 is 13.9 Å². The molecule has 22 heavy (non-hydrogen) atoms. The summed E-state index contributed by atoms with van der Waals surface area (Å²) in [7, 11) is 0. The molecule has 1 atom stereocenters. The van der Waals surface area contributed by atoms with Gasteiger partial charge in [0.05, 0.1) is 23.8 Å². The normalized spacial score (nSPS) is 22.0. The van der Waals surface area contributed by atoms with E-state index in [2.05, 4.69) is 9.97 Å². The van der Waals surface area contributed by atoms with Gasteiger partial charge in [-0.3, -0.25) is 14.8 Å². The van der Waals surface area contributed by atoms with Gasteiger partial charge in [0.1, 0.15) is 11.3 Å². The molecule has 0 bridgehead atoms. The summed E-state index contributed by atoms with van der Waals surface area (Å²) in [6, 6.07) is 2.55. The predicted molar refractivity (Wildman–Crippen MR) is 77.9 cm³/mol. The van der Waals surface area contributed by atoms with Gasteiger partial charge in [0.15, 0.2) is 0 Å². The fourth-order valence-electron chi connectivity index (χ4n) is 2.99. The highest BCUT2D eigenvalue weighted by Crippen LogP contribution is 2.36. The van der Waals surface area contributed by atoms with Gasteiger partial charge in [0, 0.05) is 31.5 Å². The minimum Gasteiger partial charge on any atom is -0.374 e. The molecule has 1 aromatic carbocycles. The zero-order chi connectivity index (χ0) is 15.1. The fourth-order valence-corrected chi connectivity index (χ4v) is 2.99. The molecule has 2 aromatic rings. The van der Waals surface area contributed by atoms with Gasteiger partial charge in [-0.15, -0.1) is 0 Å². The number of fused-ring (bicyclic) bond motifs is 1. The molecule has 1 unspecified atom stereocenters. The van der Waals surface area contributed by atoms with Crippen molar-refractivity contribution in [1.82, 2.24) is 14.9 Å². The van der Waals surface area contributed by atoms with Gasteiger partial charge in [-0.25, -0.2) is 4.39 Å². The number of benzene rings is 1. The lowest BCUT2D eigenvalue weighted by Crippen LogP contribution is -2.46. The van der Waals surface area contributed by atoms with Crippen LogP contribution in [0.25, 0.3) is 11.0 Å². The summed E-state index contributed by atoms with van der Waals surface area (Å²) in [5.74, 6) is -0.0954. The number of carbonyl (C=O) groups excluding carboxylic acids is 1. The number of aromatic nitrogens is 2. The molecule has 114 valence electrons. The highest BCUT2D eigenvalue weighted by atomic mass is 19.1. The number of halogens is 1. The second kappa shape index (κ2) is 5.28. The van der Waals surface area contributed by atoms with Crippen molar-refractivity contribution in [1.29, 1.82) is 0 Å².